The summed E-state index contributed by atoms with van der Waals surface area (Å²) in [6.45, 7) is 3.18. The minimum absolute atomic E-state index is 0.0293. The number of carbonyl (C=O) groups is 2. The summed E-state index contributed by atoms with van der Waals surface area (Å²) in [7, 11) is -1.99. The normalized spacial score (nSPS) is 20.0. The largest absolute Gasteiger partial charge is 0.493 e. The fourth-order valence-corrected chi connectivity index (χ4v) is 6.26. The number of fused-ring (bicyclic) bond motifs is 1. The first-order valence-corrected chi connectivity index (χ1v) is 15.9. The first-order chi connectivity index (χ1) is 20.1. The molecule has 0 aliphatic carbocycles. The minimum Gasteiger partial charge on any atom is -0.493 e. The van der Waals surface area contributed by atoms with Crippen LogP contribution in [-0.2, 0) is 26.2 Å². The van der Waals surface area contributed by atoms with Gasteiger partial charge in [0.1, 0.15) is 0 Å². The number of hydrogen-bond donors (Lipinski definition) is 3. The van der Waals surface area contributed by atoms with Gasteiger partial charge in [-0.3, -0.25) is 14.5 Å². The zero-order valence-corrected chi connectivity index (χ0v) is 25.1. The van der Waals surface area contributed by atoms with Crippen molar-refractivity contribution >= 4 is 27.6 Å². The molecule has 3 atom stereocenters. The van der Waals surface area contributed by atoms with Crippen molar-refractivity contribution < 1.29 is 37.3 Å². The number of sulfonamides is 1. The third-order valence-corrected chi connectivity index (χ3v) is 8.51. The number of unbranched alkanes of at least 4 members (excludes halogenated alkanes) is 1. The van der Waals surface area contributed by atoms with Gasteiger partial charge in [0.05, 0.1) is 25.8 Å². The average molecular weight is 605 g/mol. The molecule has 0 saturated carbocycles. The molecule has 1 amide bonds. The van der Waals surface area contributed by atoms with Gasteiger partial charge in [-0.05, 0) is 48.2 Å². The van der Waals surface area contributed by atoms with Gasteiger partial charge in [-0.25, -0.2) is 13.1 Å². The highest BCUT2D eigenvalue weighted by atomic mass is 32.2. The first kappa shape index (κ1) is 31.5. The topological polar surface area (TPSA) is 161 Å². The van der Waals surface area contributed by atoms with Crippen molar-refractivity contribution in [1.29, 1.82) is 0 Å². The van der Waals surface area contributed by atoms with E-state index in [1.165, 1.54) is 7.11 Å². The standard InChI is InChI=1S/C29H40N4O8S/c1-4-5-11-33(21-8-6-7-19(12-21)15-30)26(34)17-32-16-22(20-13-24(39-2)28-25(14-20)40-18-41-28)27(29(35)36)23(32)9-10-31-42(3,37)38/h6-8,12-14,22-23,27,31H,4-5,9-11,15-18,30H2,1-3H3,(H,35,36)/t22-,23+,27-/m1/s1. The lowest BCUT2D eigenvalue weighted by Gasteiger charge is -2.30. The van der Waals surface area contributed by atoms with E-state index in [9.17, 15) is 23.1 Å². The molecule has 1 saturated heterocycles. The minimum atomic E-state index is -3.49. The third kappa shape index (κ3) is 7.33. The second kappa shape index (κ2) is 13.7. The molecule has 230 valence electrons. The lowest BCUT2D eigenvalue weighted by Crippen LogP contribution is -2.45. The van der Waals surface area contributed by atoms with Crippen molar-refractivity contribution in [2.75, 3.05) is 51.2 Å². The second-order valence-electron chi connectivity index (χ2n) is 10.7. The van der Waals surface area contributed by atoms with E-state index in [1.54, 1.807) is 17.0 Å². The third-order valence-electron chi connectivity index (χ3n) is 7.78. The van der Waals surface area contributed by atoms with E-state index in [2.05, 4.69) is 4.72 Å². The fraction of sp³-hybridized carbons (Fsp3) is 0.517. The molecule has 2 aromatic carbocycles. The fourth-order valence-electron chi connectivity index (χ4n) is 5.77. The molecule has 2 aromatic rings. The number of methoxy groups -OCH3 is 1. The molecule has 12 nitrogen and oxygen atoms in total. The molecule has 0 radical (unpaired) electrons. The van der Waals surface area contributed by atoms with Gasteiger partial charge in [0, 0.05) is 43.8 Å². The molecule has 2 aliphatic rings. The van der Waals surface area contributed by atoms with Crippen molar-refractivity contribution in [2.24, 2.45) is 11.7 Å². The zero-order chi connectivity index (χ0) is 30.4. The summed E-state index contributed by atoms with van der Waals surface area (Å²) in [6, 6.07) is 10.4. The number of carbonyl (C=O) groups excluding carboxylic acids is 1. The van der Waals surface area contributed by atoms with Crippen molar-refractivity contribution in [1.82, 2.24) is 9.62 Å². The van der Waals surface area contributed by atoms with Crippen LogP contribution in [0.4, 0.5) is 5.69 Å². The highest BCUT2D eigenvalue weighted by Gasteiger charge is 2.47. The summed E-state index contributed by atoms with van der Waals surface area (Å²) >= 11 is 0. The van der Waals surface area contributed by atoms with Crippen LogP contribution < -0.4 is 29.6 Å². The Balaban J connectivity index is 1.67. The second-order valence-corrected chi connectivity index (χ2v) is 12.5. The molecule has 4 rings (SSSR count). The van der Waals surface area contributed by atoms with Crippen LogP contribution in [0.1, 0.15) is 43.2 Å². The van der Waals surface area contributed by atoms with Crippen molar-refractivity contribution in [3.63, 3.8) is 0 Å². The first-order valence-electron chi connectivity index (χ1n) is 14.0. The van der Waals surface area contributed by atoms with Gasteiger partial charge in [-0.15, -0.1) is 0 Å². The summed E-state index contributed by atoms with van der Waals surface area (Å²) in [4.78, 5) is 30.3. The number of rotatable bonds is 14. The number of anilines is 1. The Labute approximate surface area is 246 Å². The molecule has 2 aliphatic heterocycles. The Kier molecular flexibility index (Phi) is 10.3. The predicted molar refractivity (Wildman–Crippen MR) is 157 cm³/mol. The Morgan fingerprint density at radius 2 is 2.02 bits per heavy atom. The molecule has 2 heterocycles. The molecule has 4 N–H and O–H groups in total. The van der Waals surface area contributed by atoms with E-state index in [-0.39, 0.29) is 38.8 Å². The molecule has 13 heteroatoms. The van der Waals surface area contributed by atoms with Gasteiger partial charge in [0.15, 0.2) is 11.5 Å². The number of amides is 1. The van der Waals surface area contributed by atoms with E-state index in [0.29, 0.717) is 35.9 Å². The Bertz CT molecular complexity index is 1390. The van der Waals surface area contributed by atoms with Crippen molar-refractivity contribution in [3.8, 4) is 17.2 Å². The lowest BCUT2D eigenvalue weighted by molar-refractivity contribution is -0.143. The summed E-state index contributed by atoms with van der Waals surface area (Å²) < 4.78 is 42.6. The summed E-state index contributed by atoms with van der Waals surface area (Å²) in [5.74, 6) is -1.30. The number of carboxylic acids is 1. The van der Waals surface area contributed by atoms with Gasteiger partial charge < -0.3 is 30.0 Å². The molecule has 0 unspecified atom stereocenters. The van der Waals surface area contributed by atoms with Crippen LogP contribution in [0.15, 0.2) is 36.4 Å². The molecular weight excluding hydrogens is 564 g/mol. The highest BCUT2D eigenvalue weighted by Crippen LogP contribution is 2.47. The number of nitrogens with two attached hydrogens (primary N) is 1. The van der Waals surface area contributed by atoms with Crippen LogP contribution in [0.3, 0.4) is 0 Å². The number of aliphatic carboxylic acids is 1. The molecule has 42 heavy (non-hydrogen) atoms. The van der Waals surface area contributed by atoms with Crippen molar-refractivity contribution in [3.05, 3.63) is 47.5 Å². The maximum atomic E-state index is 13.9. The summed E-state index contributed by atoms with van der Waals surface area (Å²) in [5, 5.41) is 10.4. The number of benzene rings is 2. The maximum Gasteiger partial charge on any atom is 0.308 e. The number of carboxylic acid groups (broad SMARTS) is 1. The van der Waals surface area contributed by atoms with E-state index in [0.717, 1.165) is 30.3 Å². The van der Waals surface area contributed by atoms with E-state index >= 15 is 0 Å². The van der Waals surface area contributed by atoms with Gasteiger partial charge in [-0.1, -0.05) is 25.5 Å². The average Bonchev–Trinajstić information content (AvgIpc) is 3.57. The molecule has 1 fully saturated rings. The maximum absolute atomic E-state index is 13.9. The number of ether oxygens (including phenoxy) is 3. The Hall–Kier alpha value is -3.39. The highest BCUT2D eigenvalue weighted by molar-refractivity contribution is 7.88. The molecule has 0 spiro atoms. The molecular formula is C29H40N4O8S. The van der Waals surface area contributed by atoms with Crippen LogP contribution in [0.2, 0.25) is 0 Å². The number of nitrogens with zero attached hydrogens (tertiary/aromatic N) is 2. The molecule has 0 aromatic heterocycles. The number of nitrogens with one attached hydrogen (secondary N) is 1. The monoisotopic (exact) mass is 604 g/mol. The van der Waals surface area contributed by atoms with Gasteiger partial charge in [0.2, 0.25) is 28.5 Å². The van der Waals surface area contributed by atoms with E-state index < -0.39 is 33.9 Å². The smallest absolute Gasteiger partial charge is 0.308 e. The number of hydrogen-bond acceptors (Lipinski definition) is 9. The number of likely N-dealkylation sites (tertiary alicyclic amines) is 1. The zero-order valence-electron chi connectivity index (χ0n) is 24.2. The van der Waals surface area contributed by atoms with Crippen LogP contribution in [0.25, 0.3) is 0 Å². The van der Waals surface area contributed by atoms with Gasteiger partial charge >= 0.3 is 5.97 Å². The van der Waals surface area contributed by atoms with Crippen LogP contribution in [-0.4, -0.2) is 82.7 Å². The summed E-state index contributed by atoms with van der Waals surface area (Å²) in [6.07, 6.45) is 2.93. The quantitative estimate of drug-likeness (QED) is 0.291. The SMILES string of the molecule is CCCCN(C(=O)CN1C[C@H](c2cc(OC)c3c(c2)OCO3)[C@@H](C(=O)O)[C@@H]1CCNS(C)(=O)=O)c1cccc(CN)c1. The van der Waals surface area contributed by atoms with Crippen LogP contribution in [0.5, 0.6) is 17.2 Å². The summed E-state index contributed by atoms with van der Waals surface area (Å²) in [5.41, 5.74) is 8.16. The van der Waals surface area contributed by atoms with Crippen LogP contribution in [0, 0.1) is 5.92 Å². The Morgan fingerprint density at radius 3 is 2.69 bits per heavy atom. The van der Waals surface area contributed by atoms with Gasteiger partial charge in [-0.2, -0.15) is 0 Å². The predicted octanol–water partition coefficient (Wildman–Crippen LogP) is 2.12. The van der Waals surface area contributed by atoms with Crippen molar-refractivity contribution in [2.45, 2.75) is 44.7 Å². The molecule has 0 bridgehead atoms. The van der Waals surface area contributed by atoms with E-state index in [4.69, 9.17) is 19.9 Å². The van der Waals surface area contributed by atoms with Crippen LogP contribution >= 0.6 is 0 Å². The Morgan fingerprint density at radius 1 is 1.24 bits per heavy atom. The lowest BCUT2D eigenvalue weighted by atomic mass is 9.84. The van der Waals surface area contributed by atoms with Gasteiger partial charge in [0.25, 0.3) is 0 Å². The van der Waals surface area contributed by atoms with E-state index in [1.807, 2.05) is 36.1 Å².